The number of ether oxygens (including phenoxy) is 1. The maximum absolute atomic E-state index is 12.8. The van der Waals surface area contributed by atoms with Gasteiger partial charge in [0.05, 0.1) is 13.0 Å². The Morgan fingerprint density at radius 2 is 2.00 bits per heavy atom. The van der Waals surface area contributed by atoms with Crippen molar-refractivity contribution in [2.24, 2.45) is 5.92 Å². The highest BCUT2D eigenvalue weighted by atomic mass is 19.4. The summed E-state index contributed by atoms with van der Waals surface area (Å²) in [5.74, 6) is -0.591. The van der Waals surface area contributed by atoms with E-state index in [0.717, 1.165) is 5.56 Å². The molecule has 2 atom stereocenters. The second-order valence-electron chi connectivity index (χ2n) is 4.51. The molecule has 1 heterocycles. The lowest BCUT2D eigenvalue weighted by Gasteiger charge is -2.32. The SMILES string of the molecule is COc1ccccc1C1CC(C(F)(F)F)CCN1. The van der Waals surface area contributed by atoms with Crippen molar-refractivity contribution in [1.82, 2.24) is 5.32 Å². The molecule has 1 fully saturated rings. The lowest BCUT2D eigenvalue weighted by molar-refractivity contribution is -0.183. The number of halogens is 3. The van der Waals surface area contributed by atoms with E-state index < -0.39 is 12.1 Å². The Hall–Kier alpha value is -1.23. The predicted octanol–water partition coefficient (Wildman–Crippen LogP) is 3.30. The zero-order valence-corrected chi connectivity index (χ0v) is 10.1. The summed E-state index contributed by atoms with van der Waals surface area (Å²) in [6.07, 6.45) is -3.89. The summed E-state index contributed by atoms with van der Waals surface area (Å²) in [5.41, 5.74) is 0.800. The van der Waals surface area contributed by atoms with E-state index in [0.29, 0.717) is 12.3 Å². The lowest BCUT2D eigenvalue weighted by atomic mass is 9.88. The maximum atomic E-state index is 12.8. The van der Waals surface area contributed by atoms with Crippen molar-refractivity contribution >= 4 is 0 Å². The fourth-order valence-corrected chi connectivity index (χ4v) is 2.41. The van der Waals surface area contributed by atoms with Crippen LogP contribution in [-0.4, -0.2) is 19.8 Å². The predicted molar refractivity (Wildman–Crippen MR) is 62.5 cm³/mol. The standard InChI is InChI=1S/C13H16F3NO/c1-18-12-5-3-2-4-10(12)11-8-9(6-7-17-11)13(14,15)16/h2-5,9,11,17H,6-8H2,1H3. The summed E-state index contributed by atoms with van der Waals surface area (Å²) in [4.78, 5) is 0. The molecule has 1 N–H and O–H groups in total. The molecule has 1 saturated heterocycles. The van der Waals surface area contributed by atoms with Gasteiger partial charge >= 0.3 is 6.18 Å². The topological polar surface area (TPSA) is 21.3 Å². The number of nitrogens with one attached hydrogen (secondary N) is 1. The van der Waals surface area contributed by atoms with Gasteiger partial charge in [0.2, 0.25) is 0 Å². The molecule has 1 aromatic rings. The molecular formula is C13H16F3NO. The van der Waals surface area contributed by atoms with E-state index in [1.807, 2.05) is 18.2 Å². The number of benzene rings is 1. The third-order valence-electron chi connectivity index (χ3n) is 3.38. The number of para-hydroxylation sites is 1. The van der Waals surface area contributed by atoms with Gasteiger partial charge in [-0.15, -0.1) is 0 Å². The van der Waals surface area contributed by atoms with Crippen molar-refractivity contribution in [3.63, 3.8) is 0 Å². The molecule has 2 unspecified atom stereocenters. The van der Waals surface area contributed by atoms with Gasteiger partial charge in [-0.1, -0.05) is 18.2 Å². The van der Waals surface area contributed by atoms with Gasteiger partial charge in [-0.3, -0.25) is 0 Å². The van der Waals surface area contributed by atoms with Crippen LogP contribution >= 0.6 is 0 Å². The van der Waals surface area contributed by atoms with Crippen molar-refractivity contribution in [2.75, 3.05) is 13.7 Å². The summed E-state index contributed by atoms with van der Waals surface area (Å²) in [5, 5.41) is 3.13. The second kappa shape index (κ2) is 5.18. The first-order valence-electron chi connectivity index (χ1n) is 5.95. The Morgan fingerprint density at radius 3 is 2.67 bits per heavy atom. The number of piperidine rings is 1. The van der Waals surface area contributed by atoms with E-state index in [1.165, 1.54) is 7.11 Å². The van der Waals surface area contributed by atoms with E-state index in [9.17, 15) is 13.2 Å². The van der Waals surface area contributed by atoms with Crippen molar-refractivity contribution < 1.29 is 17.9 Å². The fraction of sp³-hybridized carbons (Fsp3) is 0.538. The van der Waals surface area contributed by atoms with Gasteiger partial charge in [-0.2, -0.15) is 13.2 Å². The van der Waals surface area contributed by atoms with Crippen molar-refractivity contribution in [2.45, 2.75) is 25.1 Å². The highest BCUT2D eigenvalue weighted by Gasteiger charge is 2.42. The van der Waals surface area contributed by atoms with E-state index in [4.69, 9.17) is 4.74 Å². The molecule has 1 aromatic carbocycles. The highest BCUT2D eigenvalue weighted by Crippen LogP contribution is 2.40. The molecule has 0 amide bonds. The molecule has 18 heavy (non-hydrogen) atoms. The first-order valence-corrected chi connectivity index (χ1v) is 5.95. The minimum atomic E-state index is -4.11. The molecule has 0 saturated carbocycles. The third-order valence-corrected chi connectivity index (χ3v) is 3.38. The summed E-state index contributed by atoms with van der Waals surface area (Å²) >= 11 is 0. The van der Waals surface area contributed by atoms with Crippen LogP contribution in [0.3, 0.4) is 0 Å². The molecule has 0 aromatic heterocycles. The van der Waals surface area contributed by atoms with Crippen LogP contribution in [0.25, 0.3) is 0 Å². The Kier molecular flexibility index (Phi) is 3.80. The summed E-state index contributed by atoms with van der Waals surface area (Å²) in [6.45, 7) is 0.382. The van der Waals surface area contributed by atoms with Gasteiger partial charge in [0.15, 0.2) is 0 Å². The molecule has 1 aliphatic heterocycles. The molecule has 0 radical (unpaired) electrons. The third kappa shape index (κ3) is 2.77. The van der Waals surface area contributed by atoms with E-state index in [1.54, 1.807) is 6.07 Å². The van der Waals surface area contributed by atoms with E-state index >= 15 is 0 Å². The Bertz CT molecular complexity index is 405. The monoisotopic (exact) mass is 259 g/mol. The first kappa shape index (κ1) is 13.2. The summed E-state index contributed by atoms with van der Waals surface area (Å²) in [7, 11) is 1.53. The molecule has 2 rings (SSSR count). The normalized spacial score (nSPS) is 24.9. The highest BCUT2D eigenvalue weighted by molar-refractivity contribution is 5.36. The molecule has 0 bridgehead atoms. The van der Waals surface area contributed by atoms with Crippen LogP contribution in [0.15, 0.2) is 24.3 Å². The van der Waals surface area contributed by atoms with E-state index in [2.05, 4.69) is 5.32 Å². The van der Waals surface area contributed by atoms with Gasteiger partial charge in [0.1, 0.15) is 5.75 Å². The number of alkyl halides is 3. The van der Waals surface area contributed by atoms with Crippen LogP contribution in [-0.2, 0) is 0 Å². The minimum Gasteiger partial charge on any atom is -0.496 e. The lowest BCUT2D eigenvalue weighted by Crippen LogP contribution is -2.38. The molecule has 2 nitrogen and oxygen atoms in total. The quantitative estimate of drug-likeness (QED) is 0.880. The Labute approximate surface area is 104 Å². The van der Waals surface area contributed by atoms with Crippen LogP contribution in [0.1, 0.15) is 24.4 Å². The average molecular weight is 259 g/mol. The van der Waals surface area contributed by atoms with Crippen LogP contribution in [0.2, 0.25) is 0 Å². The van der Waals surface area contributed by atoms with Crippen LogP contribution in [0.4, 0.5) is 13.2 Å². The largest absolute Gasteiger partial charge is 0.496 e. The molecule has 0 spiro atoms. The number of hydrogen-bond donors (Lipinski definition) is 1. The van der Waals surface area contributed by atoms with E-state index in [-0.39, 0.29) is 18.9 Å². The van der Waals surface area contributed by atoms with Crippen molar-refractivity contribution in [3.8, 4) is 5.75 Å². The van der Waals surface area contributed by atoms with Crippen LogP contribution in [0, 0.1) is 5.92 Å². The Morgan fingerprint density at radius 1 is 1.28 bits per heavy atom. The minimum absolute atomic E-state index is 0.0733. The maximum Gasteiger partial charge on any atom is 0.391 e. The molecule has 5 heteroatoms. The van der Waals surface area contributed by atoms with Crippen molar-refractivity contribution in [3.05, 3.63) is 29.8 Å². The first-order chi connectivity index (χ1) is 8.52. The molecule has 100 valence electrons. The molecule has 0 aliphatic carbocycles. The fourth-order valence-electron chi connectivity index (χ4n) is 2.41. The smallest absolute Gasteiger partial charge is 0.391 e. The number of methoxy groups -OCH3 is 1. The zero-order chi connectivity index (χ0) is 13.2. The zero-order valence-electron chi connectivity index (χ0n) is 10.1. The second-order valence-corrected chi connectivity index (χ2v) is 4.51. The van der Waals surface area contributed by atoms with Crippen LogP contribution in [0.5, 0.6) is 5.75 Å². The van der Waals surface area contributed by atoms with Gasteiger partial charge in [0, 0.05) is 11.6 Å². The van der Waals surface area contributed by atoms with Crippen LogP contribution < -0.4 is 10.1 Å². The summed E-state index contributed by atoms with van der Waals surface area (Å²) < 4.78 is 43.5. The number of hydrogen-bond acceptors (Lipinski definition) is 2. The Balaban J connectivity index is 2.18. The van der Waals surface area contributed by atoms with Gasteiger partial charge < -0.3 is 10.1 Å². The average Bonchev–Trinajstić information content (AvgIpc) is 2.38. The van der Waals surface area contributed by atoms with Gasteiger partial charge in [-0.05, 0) is 25.5 Å². The molecule has 1 aliphatic rings. The molecular weight excluding hydrogens is 243 g/mol. The van der Waals surface area contributed by atoms with Gasteiger partial charge in [-0.25, -0.2) is 0 Å². The number of rotatable bonds is 2. The van der Waals surface area contributed by atoms with Gasteiger partial charge in [0.25, 0.3) is 0 Å². The summed E-state index contributed by atoms with van der Waals surface area (Å²) in [6, 6.07) is 6.92. The van der Waals surface area contributed by atoms with Crippen molar-refractivity contribution in [1.29, 1.82) is 0 Å².